The standard InChI is InChI=1S/C15H18BrFN2O/c16-14-5-4-11(17)9-13(14)15(20)19-8-2-7-18-6-1-3-12(18)10-19/h4-5,9,12H,1-3,6-8,10H2. The predicted molar refractivity (Wildman–Crippen MR) is 79.2 cm³/mol. The highest BCUT2D eigenvalue weighted by Gasteiger charge is 2.31. The summed E-state index contributed by atoms with van der Waals surface area (Å²) >= 11 is 3.35. The third kappa shape index (κ3) is 2.74. The molecule has 1 unspecified atom stereocenters. The van der Waals surface area contributed by atoms with Gasteiger partial charge in [-0.25, -0.2) is 4.39 Å². The molecule has 5 heteroatoms. The van der Waals surface area contributed by atoms with Crippen LogP contribution in [0.15, 0.2) is 22.7 Å². The number of carbonyl (C=O) groups excluding carboxylic acids is 1. The van der Waals surface area contributed by atoms with Crippen LogP contribution in [0.3, 0.4) is 0 Å². The highest BCUT2D eigenvalue weighted by molar-refractivity contribution is 9.10. The van der Waals surface area contributed by atoms with Gasteiger partial charge in [0.05, 0.1) is 5.56 Å². The van der Waals surface area contributed by atoms with E-state index >= 15 is 0 Å². The summed E-state index contributed by atoms with van der Waals surface area (Å²) in [6, 6.07) is 4.77. The Morgan fingerprint density at radius 3 is 2.90 bits per heavy atom. The van der Waals surface area contributed by atoms with Crippen molar-refractivity contribution in [3.05, 3.63) is 34.1 Å². The van der Waals surface area contributed by atoms with Crippen molar-refractivity contribution >= 4 is 21.8 Å². The number of benzene rings is 1. The summed E-state index contributed by atoms with van der Waals surface area (Å²) in [5, 5.41) is 0. The van der Waals surface area contributed by atoms with Gasteiger partial charge in [0, 0.05) is 30.1 Å². The van der Waals surface area contributed by atoms with Crippen LogP contribution in [-0.4, -0.2) is 47.9 Å². The van der Waals surface area contributed by atoms with E-state index in [0.717, 1.165) is 39.0 Å². The fraction of sp³-hybridized carbons (Fsp3) is 0.533. The summed E-state index contributed by atoms with van der Waals surface area (Å²) in [6.45, 7) is 3.74. The number of nitrogens with zero attached hydrogens (tertiary/aromatic N) is 2. The lowest BCUT2D eigenvalue weighted by atomic mass is 10.1. The van der Waals surface area contributed by atoms with E-state index < -0.39 is 0 Å². The van der Waals surface area contributed by atoms with Crippen molar-refractivity contribution in [2.24, 2.45) is 0 Å². The molecule has 2 saturated heterocycles. The van der Waals surface area contributed by atoms with Crippen LogP contribution >= 0.6 is 15.9 Å². The molecule has 0 aliphatic carbocycles. The Morgan fingerprint density at radius 1 is 1.25 bits per heavy atom. The lowest BCUT2D eigenvalue weighted by Gasteiger charge is -2.26. The molecule has 0 spiro atoms. The molecule has 2 aliphatic rings. The monoisotopic (exact) mass is 340 g/mol. The minimum Gasteiger partial charge on any atom is -0.337 e. The molecule has 108 valence electrons. The Kier molecular flexibility index (Phi) is 4.08. The highest BCUT2D eigenvalue weighted by atomic mass is 79.9. The van der Waals surface area contributed by atoms with Crippen LogP contribution in [0, 0.1) is 5.82 Å². The van der Waals surface area contributed by atoms with Gasteiger partial charge in [0.1, 0.15) is 5.82 Å². The molecule has 2 aliphatic heterocycles. The number of fused-ring (bicyclic) bond motifs is 1. The Labute approximate surface area is 126 Å². The third-order valence-electron chi connectivity index (χ3n) is 4.25. The van der Waals surface area contributed by atoms with Gasteiger partial charge in [-0.2, -0.15) is 0 Å². The first kappa shape index (κ1) is 14.0. The SMILES string of the molecule is O=C(c1cc(F)ccc1Br)N1CCCN2CCCC2C1. The molecule has 1 amide bonds. The van der Waals surface area contributed by atoms with Crippen LogP contribution in [0.25, 0.3) is 0 Å². The molecule has 1 atom stereocenters. The molecular weight excluding hydrogens is 323 g/mol. The van der Waals surface area contributed by atoms with E-state index in [1.807, 2.05) is 4.90 Å². The maximum Gasteiger partial charge on any atom is 0.255 e. The minimum atomic E-state index is -0.367. The van der Waals surface area contributed by atoms with E-state index in [1.165, 1.54) is 18.6 Å². The summed E-state index contributed by atoms with van der Waals surface area (Å²) in [7, 11) is 0. The summed E-state index contributed by atoms with van der Waals surface area (Å²) in [5.41, 5.74) is 0.427. The largest absolute Gasteiger partial charge is 0.337 e. The first-order valence-corrected chi connectivity index (χ1v) is 7.93. The maximum atomic E-state index is 13.4. The average Bonchev–Trinajstić information content (AvgIpc) is 2.78. The molecule has 2 heterocycles. The van der Waals surface area contributed by atoms with Crippen LogP contribution in [0.1, 0.15) is 29.6 Å². The van der Waals surface area contributed by atoms with Crippen molar-refractivity contribution in [3.63, 3.8) is 0 Å². The van der Waals surface area contributed by atoms with Crippen LogP contribution in [0.4, 0.5) is 4.39 Å². The topological polar surface area (TPSA) is 23.6 Å². The molecule has 0 N–H and O–H groups in total. The second-order valence-electron chi connectivity index (χ2n) is 5.56. The lowest BCUT2D eigenvalue weighted by molar-refractivity contribution is 0.0742. The van der Waals surface area contributed by atoms with Crippen molar-refractivity contribution in [1.29, 1.82) is 0 Å². The summed E-state index contributed by atoms with van der Waals surface area (Å²) < 4.78 is 14.0. The zero-order valence-electron chi connectivity index (χ0n) is 11.3. The first-order chi connectivity index (χ1) is 9.65. The maximum absolute atomic E-state index is 13.4. The molecule has 0 aromatic heterocycles. The molecule has 1 aromatic rings. The normalized spacial score (nSPS) is 23.5. The Hall–Kier alpha value is -0.940. The van der Waals surface area contributed by atoms with E-state index in [1.54, 1.807) is 6.07 Å². The molecular formula is C15H18BrFN2O. The fourth-order valence-corrected chi connectivity index (χ4v) is 3.64. The van der Waals surface area contributed by atoms with Crippen LogP contribution in [-0.2, 0) is 0 Å². The van der Waals surface area contributed by atoms with Crippen LogP contribution in [0.2, 0.25) is 0 Å². The van der Waals surface area contributed by atoms with Gasteiger partial charge in [-0.3, -0.25) is 9.69 Å². The van der Waals surface area contributed by atoms with E-state index in [-0.39, 0.29) is 11.7 Å². The van der Waals surface area contributed by atoms with Crippen molar-refractivity contribution in [3.8, 4) is 0 Å². The van der Waals surface area contributed by atoms with Gasteiger partial charge in [-0.15, -0.1) is 0 Å². The zero-order chi connectivity index (χ0) is 14.1. The molecule has 0 bridgehead atoms. The molecule has 0 saturated carbocycles. The van der Waals surface area contributed by atoms with Gasteiger partial charge in [-0.05, 0) is 59.9 Å². The lowest BCUT2D eigenvalue weighted by Crippen LogP contribution is -2.39. The van der Waals surface area contributed by atoms with Gasteiger partial charge < -0.3 is 4.90 Å². The Balaban J connectivity index is 1.80. The van der Waals surface area contributed by atoms with E-state index in [2.05, 4.69) is 20.8 Å². The number of rotatable bonds is 1. The average molecular weight is 341 g/mol. The number of hydrogen-bond donors (Lipinski definition) is 0. The van der Waals surface area contributed by atoms with Crippen molar-refractivity contribution < 1.29 is 9.18 Å². The summed E-state index contributed by atoms with van der Waals surface area (Å²) in [6.07, 6.45) is 3.37. The number of halogens is 2. The number of carbonyl (C=O) groups is 1. The number of hydrogen-bond acceptors (Lipinski definition) is 2. The second-order valence-corrected chi connectivity index (χ2v) is 6.42. The van der Waals surface area contributed by atoms with E-state index in [0.29, 0.717) is 16.1 Å². The van der Waals surface area contributed by atoms with Crippen molar-refractivity contribution in [2.45, 2.75) is 25.3 Å². The molecule has 1 aromatic carbocycles. The minimum absolute atomic E-state index is 0.0647. The van der Waals surface area contributed by atoms with Gasteiger partial charge in [0.25, 0.3) is 5.91 Å². The van der Waals surface area contributed by atoms with Gasteiger partial charge in [0.2, 0.25) is 0 Å². The fourth-order valence-electron chi connectivity index (χ4n) is 3.22. The Morgan fingerprint density at radius 2 is 2.05 bits per heavy atom. The van der Waals surface area contributed by atoms with Gasteiger partial charge in [-0.1, -0.05) is 0 Å². The number of amides is 1. The summed E-state index contributed by atoms with van der Waals surface area (Å²) in [4.78, 5) is 17.0. The van der Waals surface area contributed by atoms with E-state index in [9.17, 15) is 9.18 Å². The van der Waals surface area contributed by atoms with Crippen LogP contribution in [0.5, 0.6) is 0 Å². The summed E-state index contributed by atoms with van der Waals surface area (Å²) in [5.74, 6) is -0.431. The van der Waals surface area contributed by atoms with E-state index in [4.69, 9.17) is 0 Å². The van der Waals surface area contributed by atoms with Crippen molar-refractivity contribution in [1.82, 2.24) is 9.80 Å². The molecule has 3 nitrogen and oxygen atoms in total. The molecule has 0 radical (unpaired) electrons. The predicted octanol–water partition coefficient (Wildman–Crippen LogP) is 2.90. The third-order valence-corrected chi connectivity index (χ3v) is 4.94. The van der Waals surface area contributed by atoms with Gasteiger partial charge in [0.15, 0.2) is 0 Å². The van der Waals surface area contributed by atoms with Crippen molar-refractivity contribution in [2.75, 3.05) is 26.2 Å². The molecule has 3 rings (SSSR count). The highest BCUT2D eigenvalue weighted by Crippen LogP contribution is 2.24. The smallest absolute Gasteiger partial charge is 0.255 e. The first-order valence-electron chi connectivity index (χ1n) is 7.13. The Bertz CT molecular complexity index is 523. The zero-order valence-corrected chi connectivity index (χ0v) is 12.9. The molecule has 20 heavy (non-hydrogen) atoms. The van der Waals surface area contributed by atoms with Gasteiger partial charge >= 0.3 is 0 Å². The second kappa shape index (κ2) is 5.82. The molecule has 2 fully saturated rings. The quantitative estimate of drug-likeness (QED) is 0.784. The van der Waals surface area contributed by atoms with Crippen LogP contribution < -0.4 is 0 Å².